The minimum atomic E-state index is 0.113. The first kappa shape index (κ1) is 10.5. The van der Waals surface area contributed by atoms with Gasteiger partial charge in [-0.15, -0.1) is 0 Å². The van der Waals surface area contributed by atoms with Crippen LogP contribution in [0, 0.1) is 0 Å². The molecule has 18 heavy (non-hydrogen) atoms. The lowest BCUT2D eigenvalue weighted by atomic mass is 10.2. The van der Waals surface area contributed by atoms with Crippen molar-refractivity contribution in [3.8, 4) is 28.6 Å². The van der Waals surface area contributed by atoms with E-state index in [-0.39, 0.29) is 5.75 Å². The normalized spacial score (nSPS) is 10.4. The third-order valence-electron chi connectivity index (χ3n) is 2.50. The number of phenols is 1. The predicted molar refractivity (Wildman–Crippen MR) is 64.6 cm³/mol. The summed E-state index contributed by atoms with van der Waals surface area (Å²) in [7, 11) is 0. The molecule has 0 aliphatic heterocycles. The number of phenolic OH excluding ortho intramolecular Hbond substituents is 1. The average Bonchev–Trinajstić information content (AvgIpc) is 2.90. The van der Waals surface area contributed by atoms with Crippen molar-refractivity contribution in [1.82, 2.24) is 15.1 Å². The molecule has 5 nitrogen and oxygen atoms in total. The molecule has 0 radical (unpaired) electrons. The molecule has 0 unspecified atom stereocenters. The van der Waals surface area contributed by atoms with Crippen LogP contribution in [0.4, 0.5) is 0 Å². The van der Waals surface area contributed by atoms with Crippen LogP contribution in [0.15, 0.2) is 53.3 Å². The van der Waals surface area contributed by atoms with Crippen LogP contribution in [0.25, 0.3) is 22.8 Å². The molecule has 0 saturated heterocycles. The summed E-state index contributed by atoms with van der Waals surface area (Å²) < 4.78 is 5.14. The Balaban J connectivity index is 2.03. The van der Waals surface area contributed by atoms with Crippen LogP contribution in [-0.2, 0) is 0 Å². The predicted octanol–water partition coefficient (Wildman–Crippen LogP) is 2.50. The Morgan fingerprint density at radius 1 is 1.00 bits per heavy atom. The van der Waals surface area contributed by atoms with Crippen molar-refractivity contribution in [3.05, 3.63) is 48.8 Å². The summed E-state index contributed by atoms with van der Waals surface area (Å²) in [6, 6.07) is 10.4. The zero-order valence-corrected chi connectivity index (χ0v) is 9.32. The quantitative estimate of drug-likeness (QED) is 0.743. The number of aromatic nitrogens is 3. The molecule has 0 aliphatic carbocycles. The van der Waals surface area contributed by atoms with E-state index < -0.39 is 0 Å². The molecule has 1 aromatic carbocycles. The summed E-state index contributed by atoms with van der Waals surface area (Å²) >= 11 is 0. The van der Waals surface area contributed by atoms with E-state index in [0.717, 1.165) is 5.56 Å². The lowest BCUT2D eigenvalue weighted by molar-refractivity contribution is 0.426. The van der Waals surface area contributed by atoms with Crippen LogP contribution in [0.2, 0.25) is 0 Å². The Morgan fingerprint density at radius 3 is 2.56 bits per heavy atom. The van der Waals surface area contributed by atoms with Gasteiger partial charge in [-0.25, -0.2) is 0 Å². The van der Waals surface area contributed by atoms with Crippen LogP contribution in [-0.4, -0.2) is 20.2 Å². The van der Waals surface area contributed by atoms with Crippen LogP contribution >= 0.6 is 0 Å². The number of rotatable bonds is 2. The maximum Gasteiger partial charge on any atom is 0.261 e. The van der Waals surface area contributed by atoms with Crippen LogP contribution in [0.3, 0.4) is 0 Å². The van der Waals surface area contributed by atoms with Gasteiger partial charge in [-0.1, -0.05) is 17.3 Å². The average molecular weight is 239 g/mol. The van der Waals surface area contributed by atoms with E-state index >= 15 is 0 Å². The van der Waals surface area contributed by atoms with Crippen molar-refractivity contribution in [2.24, 2.45) is 0 Å². The molecule has 0 aliphatic rings. The SMILES string of the molecule is Oc1ccccc1-c1nc(-c2ccncc2)no1. The maximum atomic E-state index is 9.71. The Kier molecular flexibility index (Phi) is 2.49. The second-order valence-corrected chi connectivity index (χ2v) is 3.68. The second-order valence-electron chi connectivity index (χ2n) is 3.68. The highest BCUT2D eigenvalue weighted by Crippen LogP contribution is 2.28. The lowest BCUT2D eigenvalue weighted by Gasteiger charge is -1.96. The van der Waals surface area contributed by atoms with E-state index in [1.807, 2.05) is 0 Å². The topological polar surface area (TPSA) is 72.0 Å². The monoisotopic (exact) mass is 239 g/mol. The molecular formula is C13H9N3O2. The standard InChI is InChI=1S/C13H9N3O2/c17-11-4-2-1-3-10(11)13-15-12(16-18-13)9-5-7-14-8-6-9/h1-8,17H. The number of benzene rings is 1. The second kappa shape index (κ2) is 4.29. The largest absolute Gasteiger partial charge is 0.507 e. The zero-order chi connectivity index (χ0) is 12.4. The highest BCUT2D eigenvalue weighted by Gasteiger charge is 2.12. The molecule has 2 heterocycles. The van der Waals surface area contributed by atoms with Crippen molar-refractivity contribution < 1.29 is 9.63 Å². The van der Waals surface area contributed by atoms with Crippen LogP contribution in [0.1, 0.15) is 0 Å². The lowest BCUT2D eigenvalue weighted by Crippen LogP contribution is -1.81. The molecule has 3 aromatic rings. The summed E-state index contributed by atoms with van der Waals surface area (Å²) in [4.78, 5) is 8.17. The minimum Gasteiger partial charge on any atom is -0.507 e. The van der Waals surface area contributed by atoms with E-state index in [2.05, 4.69) is 15.1 Å². The van der Waals surface area contributed by atoms with Gasteiger partial charge < -0.3 is 9.63 Å². The molecule has 88 valence electrons. The molecule has 3 rings (SSSR count). The number of nitrogens with zero attached hydrogens (tertiary/aromatic N) is 3. The summed E-state index contributed by atoms with van der Waals surface area (Å²) in [5, 5.41) is 13.6. The molecule has 0 amide bonds. The first-order valence-corrected chi connectivity index (χ1v) is 5.37. The smallest absolute Gasteiger partial charge is 0.261 e. The maximum absolute atomic E-state index is 9.71. The van der Waals surface area contributed by atoms with Gasteiger partial charge in [-0.05, 0) is 24.3 Å². The molecule has 0 atom stereocenters. The molecule has 5 heteroatoms. The van der Waals surface area contributed by atoms with Crippen molar-refractivity contribution >= 4 is 0 Å². The molecular weight excluding hydrogens is 230 g/mol. The number of para-hydroxylation sites is 1. The fraction of sp³-hybridized carbons (Fsp3) is 0. The van der Waals surface area contributed by atoms with Crippen molar-refractivity contribution in [1.29, 1.82) is 0 Å². The van der Waals surface area contributed by atoms with Crippen molar-refractivity contribution in [2.75, 3.05) is 0 Å². The highest BCUT2D eigenvalue weighted by molar-refractivity contribution is 5.64. The molecule has 0 bridgehead atoms. The summed E-state index contributed by atoms with van der Waals surface area (Å²) in [6.45, 7) is 0. The first-order valence-electron chi connectivity index (χ1n) is 5.37. The van der Waals surface area contributed by atoms with E-state index in [4.69, 9.17) is 4.52 Å². The summed E-state index contributed by atoms with van der Waals surface area (Å²) in [5.41, 5.74) is 1.33. The fourth-order valence-electron chi connectivity index (χ4n) is 1.61. The third-order valence-corrected chi connectivity index (χ3v) is 2.50. The van der Waals surface area contributed by atoms with Crippen molar-refractivity contribution in [3.63, 3.8) is 0 Å². The minimum absolute atomic E-state index is 0.113. The van der Waals surface area contributed by atoms with Gasteiger partial charge in [0.2, 0.25) is 5.82 Å². The number of pyridine rings is 1. The summed E-state index contributed by atoms with van der Waals surface area (Å²) in [6.07, 6.45) is 3.32. The number of hydrogen-bond acceptors (Lipinski definition) is 5. The molecule has 2 aromatic heterocycles. The Labute approximate surface area is 103 Å². The summed E-state index contributed by atoms with van der Waals surface area (Å²) in [5.74, 6) is 0.873. The van der Waals surface area contributed by atoms with Gasteiger partial charge in [-0.2, -0.15) is 4.98 Å². The molecule has 0 saturated carbocycles. The van der Waals surface area contributed by atoms with Gasteiger partial charge in [0.05, 0.1) is 5.56 Å². The van der Waals surface area contributed by atoms with Crippen LogP contribution < -0.4 is 0 Å². The fourth-order valence-corrected chi connectivity index (χ4v) is 1.61. The Morgan fingerprint density at radius 2 is 1.78 bits per heavy atom. The number of hydrogen-bond donors (Lipinski definition) is 1. The van der Waals surface area contributed by atoms with Gasteiger partial charge in [0.1, 0.15) is 5.75 Å². The van der Waals surface area contributed by atoms with Gasteiger partial charge in [0, 0.05) is 18.0 Å². The first-order chi connectivity index (χ1) is 8.84. The van der Waals surface area contributed by atoms with E-state index in [0.29, 0.717) is 17.3 Å². The van der Waals surface area contributed by atoms with Gasteiger partial charge in [0.15, 0.2) is 0 Å². The van der Waals surface area contributed by atoms with E-state index in [1.54, 1.807) is 48.8 Å². The number of aromatic hydroxyl groups is 1. The van der Waals surface area contributed by atoms with Gasteiger partial charge in [-0.3, -0.25) is 4.98 Å². The molecule has 1 N–H and O–H groups in total. The zero-order valence-electron chi connectivity index (χ0n) is 9.32. The molecule has 0 fully saturated rings. The third kappa shape index (κ3) is 1.82. The highest BCUT2D eigenvalue weighted by atomic mass is 16.5. The Bertz CT molecular complexity index is 665. The van der Waals surface area contributed by atoms with Crippen LogP contribution in [0.5, 0.6) is 5.75 Å². The van der Waals surface area contributed by atoms with Crippen molar-refractivity contribution in [2.45, 2.75) is 0 Å². The van der Waals surface area contributed by atoms with E-state index in [1.165, 1.54) is 0 Å². The van der Waals surface area contributed by atoms with Gasteiger partial charge >= 0.3 is 0 Å². The Hall–Kier alpha value is -2.69. The van der Waals surface area contributed by atoms with Gasteiger partial charge in [0.25, 0.3) is 5.89 Å². The molecule has 0 spiro atoms. The van der Waals surface area contributed by atoms with E-state index in [9.17, 15) is 5.11 Å².